The summed E-state index contributed by atoms with van der Waals surface area (Å²) in [4.78, 5) is -0.727. The molecular weight excluding hydrogens is 278 g/mol. The number of hydrogen-bond donors (Lipinski definition) is 3. The highest BCUT2D eigenvalue weighted by molar-refractivity contribution is 7.89. The molecule has 1 aromatic carbocycles. The number of halogens is 2. The second kappa shape index (κ2) is 5.03. The zero-order chi connectivity index (χ0) is 14.2. The largest absolute Gasteiger partial charge is 0.396 e. The Bertz CT molecular complexity index is 588. The first-order valence-corrected chi connectivity index (χ1v) is 7.22. The highest BCUT2D eigenvalue weighted by Gasteiger charge is 2.31. The van der Waals surface area contributed by atoms with E-state index in [1.54, 1.807) is 0 Å². The molecule has 4 N–H and O–H groups in total. The summed E-state index contributed by atoms with van der Waals surface area (Å²) in [5.74, 6) is -2.15. The van der Waals surface area contributed by atoms with Crippen LogP contribution in [0.15, 0.2) is 17.0 Å². The predicted molar refractivity (Wildman–Crippen MR) is 64.7 cm³/mol. The normalized spacial score (nSPS) is 17.4. The van der Waals surface area contributed by atoms with Gasteiger partial charge in [-0.1, -0.05) is 0 Å². The minimum atomic E-state index is -4.16. The average Bonchev–Trinajstić information content (AvgIpc) is 3.14. The quantitative estimate of drug-likeness (QED) is 0.693. The van der Waals surface area contributed by atoms with Gasteiger partial charge in [0.05, 0.1) is 11.8 Å². The Hall–Kier alpha value is -1.25. The fourth-order valence-electron chi connectivity index (χ4n) is 1.67. The first-order chi connectivity index (χ1) is 8.81. The zero-order valence-corrected chi connectivity index (χ0v) is 10.8. The summed E-state index contributed by atoms with van der Waals surface area (Å²) in [6.45, 7) is -0.205. The molecule has 0 radical (unpaired) electrons. The van der Waals surface area contributed by atoms with Crippen molar-refractivity contribution in [2.45, 2.75) is 23.8 Å². The van der Waals surface area contributed by atoms with Gasteiger partial charge in [-0.2, -0.15) is 0 Å². The van der Waals surface area contributed by atoms with Crippen molar-refractivity contribution in [1.82, 2.24) is 4.72 Å². The fraction of sp³-hybridized carbons (Fsp3) is 0.455. The third kappa shape index (κ3) is 3.20. The van der Waals surface area contributed by atoms with Crippen molar-refractivity contribution in [2.75, 3.05) is 12.3 Å². The van der Waals surface area contributed by atoms with E-state index in [-0.39, 0.29) is 12.5 Å². The van der Waals surface area contributed by atoms with Gasteiger partial charge in [-0.25, -0.2) is 21.9 Å². The van der Waals surface area contributed by atoms with Crippen molar-refractivity contribution >= 4 is 15.7 Å². The van der Waals surface area contributed by atoms with E-state index in [0.717, 1.165) is 18.9 Å². The molecular formula is C11H14F2N2O3S. The van der Waals surface area contributed by atoms with Crippen molar-refractivity contribution in [2.24, 2.45) is 5.92 Å². The monoisotopic (exact) mass is 292 g/mol. The molecule has 0 aliphatic heterocycles. The molecule has 1 aliphatic carbocycles. The molecule has 2 rings (SSSR count). The Kier molecular flexibility index (Phi) is 3.75. The number of anilines is 1. The van der Waals surface area contributed by atoms with Gasteiger partial charge in [0, 0.05) is 12.6 Å². The van der Waals surface area contributed by atoms with Gasteiger partial charge in [0.25, 0.3) is 0 Å². The molecule has 0 amide bonds. The Morgan fingerprint density at radius 2 is 2.00 bits per heavy atom. The maximum absolute atomic E-state index is 13.4. The minimum Gasteiger partial charge on any atom is -0.396 e. The summed E-state index contributed by atoms with van der Waals surface area (Å²) in [6.07, 6.45) is 0.900. The van der Waals surface area contributed by atoms with Crippen LogP contribution >= 0.6 is 0 Å². The van der Waals surface area contributed by atoms with Crippen LogP contribution in [0.3, 0.4) is 0 Å². The zero-order valence-electron chi connectivity index (χ0n) is 9.94. The van der Waals surface area contributed by atoms with Crippen LogP contribution in [0.4, 0.5) is 14.5 Å². The van der Waals surface area contributed by atoms with Gasteiger partial charge in [-0.15, -0.1) is 0 Å². The number of aliphatic hydroxyl groups is 1. The van der Waals surface area contributed by atoms with E-state index in [2.05, 4.69) is 4.72 Å². The summed E-state index contributed by atoms with van der Waals surface area (Å²) in [6, 6.07) is 1.14. The van der Waals surface area contributed by atoms with Crippen LogP contribution in [0.5, 0.6) is 0 Å². The van der Waals surface area contributed by atoms with E-state index in [4.69, 9.17) is 5.73 Å². The molecule has 106 valence electrons. The smallest absolute Gasteiger partial charge is 0.243 e. The Morgan fingerprint density at radius 1 is 1.37 bits per heavy atom. The molecule has 1 atom stereocenters. The molecule has 1 unspecified atom stereocenters. The van der Waals surface area contributed by atoms with E-state index in [1.165, 1.54) is 0 Å². The third-order valence-electron chi connectivity index (χ3n) is 2.99. The summed E-state index contributed by atoms with van der Waals surface area (Å²) in [5, 5.41) is 9.56. The molecule has 19 heavy (non-hydrogen) atoms. The molecule has 0 aromatic heterocycles. The summed E-state index contributed by atoms with van der Waals surface area (Å²) in [7, 11) is -4.16. The van der Waals surface area contributed by atoms with Crippen LogP contribution in [-0.2, 0) is 10.0 Å². The lowest BCUT2D eigenvalue weighted by atomic mass is 10.2. The van der Waals surface area contributed by atoms with Gasteiger partial charge >= 0.3 is 0 Å². The first kappa shape index (κ1) is 14.2. The SMILES string of the molecule is Nc1cc(S(=O)(=O)NCC(O)C2CC2)c(F)cc1F. The number of nitrogens with two attached hydrogens (primary N) is 1. The Labute approximate surface area is 109 Å². The van der Waals surface area contributed by atoms with E-state index in [9.17, 15) is 22.3 Å². The van der Waals surface area contributed by atoms with Crippen LogP contribution in [0, 0.1) is 17.6 Å². The molecule has 0 bridgehead atoms. The van der Waals surface area contributed by atoms with Gasteiger partial charge in [0.15, 0.2) is 0 Å². The number of hydrogen-bond acceptors (Lipinski definition) is 4. The average molecular weight is 292 g/mol. The summed E-state index contributed by atoms with van der Waals surface area (Å²) in [5.41, 5.74) is 4.76. The summed E-state index contributed by atoms with van der Waals surface area (Å²) < 4.78 is 52.1. The Balaban J connectivity index is 2.16. The third-order valence-corrected chi connectivity index (χ3v) is 4.43. The van der Waals surface area contributed by atoms with Gasteiger partial charge in [0.1, 0.15) is 16.5 Å². The predicted octanol–water partition coefficient (Wildman–Crippen LogP) is 0.596. The minimum absolute atomic E-state index is 0.0887. The Morgan fingerprint density at radius 3 is 2.58 bits per heavy atom. The van der Waals surface area contributed by atoms with Gasteiger partial charge < -0.3 is 10.8 Å². The van der Waals surface area contributed by atoms with Gasteiger partial charge in [0.2, 0.25) is 10.0 Å². The number of nitrogen functional groups attached to an aromatic ring is 1. The lowest BCUT2D eigenvalue weighted by molar-refractivity contribution is 0.155. The van der Waals surface area contributed by atoms with Crippen LogP contribution in [-0.4, -0.2) is 26.2 Å². The van der Waals surface area contributed by atoms with Crippen LogP contribution in [0.1, 0.15) is 12.8 Å². The molecule has 1 fully saturated rings. The molecule has 1 aliphatic rings. The van der Waals surface area contributed by atoms with Crippen LogP contribution < -0.4 is 10.5 Å². The number of benzene rings is 1. The van der Waals surface area contributed by atoms with Gasteiger partial charge in [-0.3, -0.25) is 0 Å². The van der Waals surface area contributed by atoms with Crippen molar-refractivity contribution in [3.63, 3.8) is 0 Å². The van der Waals surface area contributed by atoms with E-state index < -0.39 is 38.3 Å². The highest BCUT2D eigenvalue weighted by atomic mass is 32.2. The molecule has 0 heterocycles. The number of aliphatic hydroxyl groups excluding tert-OH is 1. The van der Waals surface area contributed by atoms with Crippen molar-refractivity contribution < 1.29 is 22.3 Å². The molecule has 1 aromatic rings. The maximum Gasteiger partial charge on any atom is 0.243 e. The van der Waals surface area contributed by atoms with Crippen molar-refractivity contribution in [3.8, 4) is 0 Å². The van der Waals surface area contributed by atoms with Crippen LogP contribution in [0.2, 0.25) is 0 Å². The molecule has 5 nitrogen and oxygen atoms in total. The van der Waals surface area contributed by atoms with Gasteiger partial charge in [-0.05, 0) is 24.8 Å². The molecule has 0 spiro atoms. The number of nitrogens with one attached hydrogen (secondary N) is 1. The second-order valence-electron chi connectivity index (χ2n) is 4.56. The summed E-state index contributed by atoms with van der Waals surface area (Å²) >= 11 is 0. The van der Waals surface area contributed by atoms with Crippen molar-refractivity contribution in [3.05, 3.63) is 23.8 Å². The van der Waals surface area contributed by atoms with Crippen molar-refractivity contribution in [1.29, 1.82) is 0 Å². The van der Waals surface area contributed by atoms with E-state index in [0.29, 0.717) is 6.07 Å². The van der Waals surface area contributed by atoms with E-state index >= 15 is 0 Å². The van der Waals surface area contributed by atoms with Crippen LogP contribution in [0.25, 0.3) is 0 Å². The maximum atomic E-state index is 13.4. The lowest BCUT2D eigenvalue weighted by Crippen LogP contribution is -2.33. The van der Waals surface area contributed by atoms with E-state index in [1.807, 2.05) is 0 Å². The molecule has 8 heteroatoms. The second-order valence-corrected chi connectivity index (χ2v) is 6.30. The number of sulfonamides is 1. The number of rotatable bonds is 5. The standard InChI is InChI=1S/C11H14F2N2O3S/c12-7-3-8(13)11(4-9(7)14)19(17,18)15-5-10(16)6-1-2-6/h3-4,6,10,15-16H,1-2,5,14H2. The topological polar surface area (TPSA) is 92.4 Å². The highest BCUT2D eigenvalue weighted by Crippen LogP contribution is 2.32. The lowest BCUT2D eigenvalue weighted by Gasteiger charge is -2.12. The molecule has 1 saturated carbocycles. The fourth-order valence-corrected chi connectivity index (χ4v) is 2.81. The molecule has 0 saturated heterocycles. The first-order valence-electron chi connectivity index (χ1n) is 5.73.